The molecular formula is C15H14N2. The van der Waals surface area contributed by atoms with Crippen LogP contribution in [-0.4, -0.2) is 9.55 Å². The number of fused-ring (bicyclic) bond motifs is 1. The van der Waals surface area contributed by atoms with E-state index < -0.39 is 0 Å². The van der Waals surface area contributed by atoms with Gasteiger partial charge in [-0.05, 0) is 43.7 Å². The van der Waals surface area contributed by atoms with Crippen molar-refractivity contribution in [3.05, 3.63) is 59.9 Å². The third kappa shape index (κ3) is 1.72. The Morgan fingerprint density at radius 3 is 2.35 bits per heavy atom. The summed E-state index contributed by atoms with van der Waals surface area (Å²) in [4.78, 5) is 4.42. The Labute approximate surface area is 101 Å². The second kappa shape index (κ2) is 3.74. The summed E-state index contributed by atoms with van der Waals surface area (Å²) in [6.07, 6.45) is 1.88. The van der Waals surface area contributed by atoms with Crippen molar-refractivity contribution in [3.8, 4) is 5.69 Å². The summed E-state index contributed by atoms with van der Waals surface area (Å²) in [5.41, 5.74) is 5.88. The first-order chi connectivity index (χ1) is 8.24. The number of hydrogen-bond acceptors (Lipinski definition) is 1. The second-order valence-electron chi connectivity index (χ2n) is 4.44. The van der Waals surface area contributed by atoms with E-state index in [0.29, 0.717) is 0 Å². The van der Waals surface area contributed by atoms with E-state index in [0.717, 1.165) is 16.7 Å². The topological polar surface area (TPSA) is 17.8 Å². The quantitative estimate of drug-likeness (QED) is 0.614. The lowest BCUT2D eigenvalue weighted by Crippen LogP contribution is -1.91. The number of imidazole rings is 1. The molecule has 3 rings (SSSR count). The predicted octanol–water partition coefficient (Wildman–Crippen LogP) is 3.64. The van der Waals surface area contributed by atoms with Crippen LogP contribution in [0.4, 0.5) is 0 Å². The smallest absolute Gasteiger partial charge is 0.100 e. The van der Waals surface area contributed by atoms with E-state index in [1.165, 1.54) is 11.1 Å². The van der Waals surface area contributed by atoms with E-state index in [4.69, 9.17) is 0 Å². The maximum Gasteiger partial charge on any atom is 0.100 e. The third-order valence-corrected chi connectivity index (χ3v) is 3.01. The summed E-state index contributed by atoms with van der Waals surface area (Å²) in [7, 11) is 0. The minimum absolute atomic E-state index is 1.04. The van der Waals surface area contributed by atoms with Crippen LogP contribution in [0.15, 0.2) is 48.8 Å². The largest absolute Gasteiger partial charge is 0.299 e. The Morgan fingerprint density at radius 2 is 1.59 bits per heavy atom. The Bertz CT molecular complexity index is 663. The van der Waals surface area contributed by atoms with E-state index >= 15 is 0 Å². The zero-order valence-corrected chi connectivity index (χ0v) is 10.0. The summed E-state index contributed by atoms with van der Waals surface area (Å²) >= 11 is 0. The number of aromatic nitrogens is 2. The fraction of sp³-hybridized carbons (Fsp3) is 0.133. The maximum absolute atomic E-state index is 4.42. The first-order valence-electron chi connectivity index (χ1n) is 5.75. The highest BCUT2D eigenvalue weighted by Gasteiger charge is 2.04. The van der Waals surface area contributed by atoms with Crippen LogP contribution in [-0.2, 0) is 0 Å². The molecule has 0 spiro atoms. The van der Waals surface area contributed by atoms with Crippen molar-refractivity contribution in [2.45, 2.75) is 13.8 Å². The van der Waals surface area contributed by atoms with E-state index in [2.05, 4.69) is 65.9 Å². The molecule has 2 heteroatoms. The molecule has 0 aliphatic rings. The van der Waals surface area contributed by atoms with Crippen molar-refractivity contribution in [1.29, 1.82) is 0 Å². The van der Waals surface area contributed by atoms with E-state index in [-0.39, 0.29) is 0 Å². The highest BCUT2D eigenvalue weighted by atomic mass is 15.0. The highest BCUT2D eigenvalue weighted by Crippen LogP contribution is 2.19. The van der Waals surface area contributed by atoms with E-state index in [1.54, 1.807) is 0 Å². The number of benzene rings is 2. The molecule has 0 fully saturated rings. The van der Waals surface area contributed by atoms with Crippen LogP contribution >= 0.6 is 0 Å². The van der Waals surface area contributed by atoms with Gasteiger partial charge in [0.05, 0.1) is 11.0 Å². The molecule has 0 amide bonds. The monoisotopic (exact) mass is 222 g/mol. The molecule has 0 unspecified atom stereocenters. The number of hydrogen-bond donors (Lipinski definition) is 0. The van der Waals surface area contributed by atoms with Crippen molar-refractivity contribution in [2.75, 3.05) is 0 Å². The van der Waals surface area contributed by atoms with Gasteiger partial charge in [-0.25, -0.2) is 4.98 Å². The standard InChI is InChI=1S/C15H14N2/c1-11-3-6-13(7-4-11)17-10-16-14-8-5-12(2)9-15(14)17/h3-10H,1-2H3. The average molecular weight is 222 g/mol. The molecular weight excluding hydrogens is 208 g/mol. The van der Waals surface area contributed by atoms with Gasteiger partial charge in [0.25, 0.3) is 0 Å². The van der Waals surface area contributed by atoms with Gasteiger partial charge in [-0.2, -0.15) is 0 Å². The first kappa shape index (κ1) is 10.1. The predicted molar refractivity (Wildman–Crippen MR) is 70.5 cm³/mol. The van der Waals surface area contributed by atoms with Crippen molar-refractivity contribution >= 4 is 11.0 Å². The van der Waals surface area contributed by atoms with E-state index in [9.17, 15) is 0 Å². The Morgan fingerprint density at radius 1 is 0.882 bits per heavy atom. The summed E-state index contributed by atoms with van der Waals surface area (Å²) in [5, 5.41) is 0. The molecule has 0 aliphatic carbocycles. The van der Waals surface area contributed by atoms with Crippen LogP contribution in [0.5, 0.6) is 0 Å². The molecule has 0 atom stereocenters. The van der Waals surface area contributed by atoms with Crippen molar-refractivity contribution in [3.63, 3.8) is 0 Å². The van der Waals surface area contributed by atoms with Gasteiger partial charge in [-0.3, -0.25) is 4.57 Å². The molecule has 3 aromatic rings. The highest BCUT2D eigenvalue weighted by molar-refractivity contribution is 5.78. The number of rotatable bonds is 1. The van der Waals surface area contributed by atoms with Gasteiger partial charge < -0.3 is 0 Å². The molecule has 0 bridgehead atoms. The van der Waals surface area contributed by atoms with E-state index in [1.807, 2.05) is 6.33 Å². The number of nitrogens with zero attached hydrogens (tertiary/aromatic N) is 2. The zero-order valence-electron chi connectivity index (χ0n) is 10.0. The minimum Gasteiger partial charge on any atom is -0.299 e. The molecule has 0 radical (unpaired) electrons. The summed E-state index contributed by atoms with van der Waals surface area (Å²) in [6.45, 7) is 4.20. The second-order valence-corrected chi connectivity index (χ2v) is 4.44. The zero-order chi connectivity index (χ0) is 11.8. The van der Waals surface area contributed by atoms with Crippen molar-refractivity contribution < 1.29 is 0 Å². The summed E-state index contributed by atoms with van der Waals surface area (Å²) < 4.78 is 2.13. The first-order valence-corrected chi connectivity index (χ1v) is 5.75. The molecule has 0 saturated carbocycles. The number of aryl methyl sites for hydroxylation is 2. The van der Waals surface area contributed by atoms with Gasteiger partial charge in [-0.15, -0.1) is 0 Å². The summed E-state index contributed by atoms with van der Waals surface area (Å²) in [6, 6.07) is 14.8. The summed E-state index contributed by atoms with van der Waals surface area (Å²) in [5.74, 6) is 0. The fourth-order valence-corrected chi connectivity index (χ4v) is 2.03. The van der Waals surface area contributed by atoms with Gasteiger partial charge in [-0.1, -0.05) is 23.8 Å². The molecule has 17 heavy (non-hydrogen) atoms. The lowest BCUT2D eigenvalue weighted by Gasteiger charge is -2.05. The maximum atomic E-state index is 4.42. The van der Waals surface area contributed by atoms with Crippen molar-refractivity contribution in [1.82, 2.24) is 9.55 Å². The fourth-order valence-electron chi connectivity index (χ4n) is 2.03. The van der Waals surface area contributed by atoms with Crippen molar-refractivity contribution in [2.24, 2.45) is 0 Å². The van der Waals surface area contributed by atoms with Crippen LogP contribution < -0.4 is 0 Å². The lowest BCUT2D eigenvalue weighted by atomic mass is 10.2. The molecule has 0 saturated heterocycles. The van der Waals surface area contributed by atoms with Crippen LogP contribution in [0.2, 0.25) is 0 Å². The van der Waals surface area contributed by atoms with Crippen LogP contribution in [0.25, 0.3) is 16.7 Å². The molecule has 0 aliphatic heterocycles. The molecule has 2 aromatic carbocycles. The molecule has 1 aromatic heterocycles. The van der Waals surface area contributed by atoms with Crippen LogP contribution in [0.3, 0.4) is 0 Å². The molecule has 84 valence electrons. The van der Waals surface area contributed by atoms with Gasteiger partial charge in [0.1, 0.15) is 6.33 Å². The SMILES string of the molecule is Cc1ccc(-n2cnc3ccc(C)cc32)cc1. The molecule has 0 N–H and O–H groups in total. The van der Waals surface area contributed by atoms with Gasteiger partial charge >= 0.3 is 0 Å². The molecule has 2 nitrogen and oxygen atoms in total. The lowest BCUT2D eigenvalue weighted by molar-refractivity contribution is 1.09. The third-order valence-electron chi connectivity index (χ3n) is 3.01. The van der Waals surface area contributed by atoms with Gasteiger partial charge in [0, 0.05) is 5.69 Å². The van der Waals surface area contributed by atoms with Gasteiger partial charge in [0.2, 0.25) is 0 Å². The van der Waals surface area contributed by atoms with Gasteiger partial charge in [0.15, 0.2) is 0 Å². The Hall–Kier alpha value is -2.09. The van der Waals surface area contributed by atoms with Crippen LogP contribution in [0.1, 0.15) is 11.1 Å². The normalized spacial score (nSPS) is 10.9. The van der Waals surface area contributed by atoms with Crippen LogP contribution in [0, 0.1) is 13.8 Å². The Kier molecular flexibility index (Phi) is 2.22. The average Bonchev–Trinajstić information content (AvgIpc) is 2.73. The minimum atomic E-state index is 1.04. The Balaban J connectivity index is 2.23. The molecule has 1 heterocycles.